The van der Waals surface area contributed by atoms with Gasteiger partial charge in [-0.05, 0) is 56.5 Å². The number of aliphatic hydroxyl groups is 1. The van der Waals surface area contributed by atoms with Crippen LogP contribution in [0.1, 0.15) is 24.0 Å². The summed E-state index contributed by atoms with van der Waals surface area (Å²) in [5.74, 6) is 0.772. The summed E-state index contributed by atoms with van der Waals surface area (Å²) < 4.78 is 5.72. The maximum Gasteiger partial charge on any atom is 0.120 e. The van der Waals surface area contributed by atoms with E-state index in [0.717, 1.165) is 41.3 Å². The van der Waals surface area contributed by atoms with E-state index < -0.39 is 5.60 Å². The summed E-state index contributed by atoms with van der Waals surface area (Å²) in [7, 11) is 0. The molecule has 1 aliphatic rings. The fraction of sp³-hybridized carbons (Fsp3) is 0.571. The van der Waals surface area contributed by atoms with Crippen molar-refractivity contribution >= 4 is 11.6 Å². The molecule has 1 heterocycles. The molecule has 0 amide bonds. The molecule has 2 N–H and O–H groups in total. The van der Waals surface area contributed by atoms with Gasteiger partial charge in [-0.1, -0.05) is 11.6 Å². The molecule has 0 bridgehead atoms. The molecule has 4 heteroatoms. The van der Waals surface area contributed by atoms with Gasteiger partial charge >= 0.3 is 0 Å². The van der Waals surface area contributed by atoms with Gasteiger partial charge in [-0.25, -0.2) is 0 Å². The lowest BCUT2D eigenvalue weighted by Gasteiger charge is -2.32. The number of nitrogens with one attached hydrogen (secondary N) is 1. The number of β-amino-alcohol motifs (C(OH)–C–C–N with tert-alkyl or cyclic N) is 1. The van der Waals surface area contributed by atoms with E-state index in [1.807, 2.05) is 26.0 Å². The summed E-state index contributed by atoms with van der Waals surface area (Å²) in [6.45, 7) is 5.80. The van der Waals surface area contributed by atoms with Crippen molar-refractivity contribution in [1.29, 1.82) is 0 Å². The molecular weight excluding hydrogens is 250 g/mol. The molecule has 1 saturated heterocycles. The van der Waals surface area contributed by atoms with E-state index in [0.29, 0.717) is 13.2 Å². The van der Waals surface area contributed by atoms with Crippen LogP contribution in [0, 0.1) is 13.8 Å². The van der Waals surface area contributed by atoms with Crippen LogP contribution in [-0.2, 0) is 0 Å². The average molecular weight is 270 g/mol. The third-order valence-electron chi connectivity index (χ3n) is 3.37. The molecule has 0 radical (unpaired) electrons. The molecule has 1 aliphatic heterocycles. The van der Waals surface area contributed by atoms with Crippen LogP contribution >= 0.6 is 11.6 Å². The van der Waals surface area contributed by atoms with E-state index in [9.17, 15) is 5.11 Å². The van der Waals surface area contributed by atoms with Gasteiger partial charge in [-0.3, -0.25) is 0 Å². The summed E-state index contributed by atoms with van der Waals surface area (Å²) in [5, 5.41) is 14.3. The molecule has 2 rings (SSSR count). The smallest absolute Gasteiger partial charge is 0.120 e. The van der Waals surface area contributed by atoms with Crippen molar-refractivity contribution in [3.8, 4) is 5.75 Å². The Bertz CT molecular complexity index is 405. The van der Waals surface area contributed by atoms with E-state index in [-0.39, 0.29) is 0 Å². The number of hydrogen-bond acceptors (Lipinski definition) is 3. The highest BCUT2D eigenvalue weighted by molar-refractivity contribution is 6.32. The molecular formula is C14H20ClNO2. The van der Waals surface area contributed by atoms with E-state index in [2.05, 4.69) is 5.32 Å². The molecule has 1 aromatic rings. The van der Waals surface area contributed by atoms with Gasteiger partial charge in [0.2, 0.25) is 0 Å². The average Bonchev–Trinajstić information content (AvgIpc) is 2.34. The number of piperidine rings is 1. The summed E-state index contributed by atoms with van der Waals surface area (Å²) >= 11 is 6.11. The quantitative estimate of drug-likeness (QED) is 0.886. The standard InChI is InChI=1S/C14H20ClNO2/c1-10-6-12(7-11(2)13(10)15)18-9-14(17)4-3-5-16-8-14/h6-7,16-17H,3-5,8-9H2,1-2H3/t14-/m0/s1. The summed E-state index contributed by atoms with van der Waals surface area (Å²) in [6, 6.07) is 3.82. The Balaban J connectivity index is 2.01. The Morgan fingerprint density at radius 1 is 1.39 bits per heavy atom. The zero-order valence-corrected chi connectivity index (χ0v) is 11.7. The van der Waals surface area contributed by atoms with E-state index in [1.54, 1.807) is 0 Å². The minimum Gasteiger partial charge on any atom is -0.491 e. The maximum absolute atomic E-state index is 10.3. The lowest BCUT2D eigenvalue weighted by Crippen LogP contribution is -2.49. The molecule has 1 fully saturated rings. The Morgan fingerprint density at radius 2 is 2.06 bits per heavy atom. The Hall–Kier alpha value is -0.770. The summed E-state index contributed by atoms with van der Waals surface area (Å²) in [4.78, 5) is 0. The first-order valence-corrected chi connectivity index (χ1v) is 6.71. The third-order valence-corrected chi connectivity index (χ3v) is 3.96. The molecule has 0 unspecified atom stereocenters. The van der Waals surface area contributed by atoms with Gasteiger partial charge in [0.1, 0.15) is 18.0 Å². The monoisotopic (exact) mass is 269 g/mol. The second kappa shape index (κ2) is 5.47. The number of rotatable bonds is 3. The molecule has 0 aromatic heterocycles. The Labute approximate surface area is 113 Å². The Morgan fingerprint density at radius 3 is 2.61 bits per heavy atom. The molecule has 1 aromatic carbocycles. The van der Waals surface area contributed by atoms with Gasteiger partial charge in [0.25, 0.3) is 0 Å². The van der Waals surface area contributed by atoms with E-state index >= 15 is 0 Å². The molecule has 0 spiro atoms. The van der Waals surface area contributed by atoms with Crippen LogP contribution in [0.3, 0.4) is 0 Å². The third kappa shape index (κ3) is 3.16. The van der Waals surface area contributed by atoms with Crippen LogP contribution in [0.5, 0.6) is 5.75 Å². The first-order chi connectivity index (χ1) is 8.50. The summed E-state index contributed by atoms with van der Waals surface area (Å²) in [6.07, 6.45) is 1.77. The molecule has 100 valence electrons. The van der Waals surface area contributed by atoms with Crippen LogP contribution in [0.15, 0.2) is 12.1 Å². The van der Waals surface area contributed by atoms with Crippen molar-refractivity contribution in [1.82, 2.24) is 5.32 Å². The first kappa shape index (κ1) is 13.7. The lowest BCUT2D eigenvalue weighted by atomic mass is 9.95. The second-order valence-corrected chi connectivity index (χ2v) is 5.54. The fourth-order valence-corrected chi connectivity index (χ4v) is 2.39. The highest BCUT2D eigenvalue weighted by Crippen LogP contribution is 2.27. The van der Waals surface area contributed by atoms with Gasteiger partial charge in [-0.15, -0.1) is 0 Å². The maximum atomic E-state index is 10.3. The number of hydrogen-bond donors (Lipinski definition) is 2. The lowest BCUT2D eigenvalue weighted by molar-refractivity contribution is -0.0230. The molecule has 0 aliphatic carbocycles. The van der Waals surface area contributed by atoms with Crippen molar-refractivity contribution in [3.63, 3.8) is 0 Å². The van der Waals surface area contributed by atoms with E-state index in [1.165, 1.54) is 0 Å². The van der Waals surface area contributed by atoms with Crippen molar-refractivity contribution < 1.29 is 9.84 Å². The largest absolute Gasteiger partial charge is 0.491 e. The molecule has 3 nitrogen and oxygen atoms in total. The zero-order valence-electron chi connectivity index (χ0n) is 10.9. The van der Waals surface area contributed by atoms with Crippen LogP contribution < -0.4 is 10.1 Å². The number of aryl methyl sites for hydroxylation is 2. The van der Waals surface area contributed by atoms with Gasteiger partial charge in [-0.2, -0.15) is 0 Å². The highest BCUT2D eigenvalue weighted by Gasteiger charge is 2.30. The predicted octanol–water partition coefficient (Wildman–Crippen LogP) is 2.45. The van der Waals surface area contributed by atoms with E-state index in [4.69, 9.17) is 16.3 Å². The van der Waals surface area contributed by atoms with Crippen molar-refractivity contribution in [2.45, 2.75) is 32.3 Å². The number of benzene rings is 1. The van der Waals surface area contributed by atoms with Crippen LogP contribution in [0.2, 0.25) is 5.02 Å². The molecule has 18 heavy (non-hydrogen) atoms. The van der Waals surface area contributed by atoms with Crippen molar-refractivity contribution in [2.24, 2.45) is 0 Å². The minimum atomic E-state index is -0.750. The predicted molar refractivity (Wildman–Crippen MR) is 73.5 cm³/mol. The minimum absolute atomic E-state index is 0.320. The SMILES string of the molecule is Cc1cc(OC[C@]2(O)CCCNC2)cc(C)c1Cl. The molecule has 1 atom stereocenters. The fourth-order valence-electron chi connectivity index (χ4n) is 2.28. The van der Waals surface area contributed by atoms with Gasteiger partial charge in [0.05, 0.1) is 0 Å². The van der Waals surface area contributed by atoms with Gasteiger partial charge < -0.3 is 15.2 Å². The first-order valence-electron chi connectivity index (χ1n) is 6.33. The van der Waals surface area contributed by atoms with Crippen LogP contribution in [-0.4, -0.2) is 30.4 Å². The summed E-state index contributed by atoms with van der Waals surface area (Å²) in [5.41, 5.74) is 1.25. The van der Waals surface area contributed by atoms with Crippen LogP contribution in [0.4, 0.5) is 0 Å². The number of ether oxygens (including phenoxy) is 1. The normalized spacial score (nSPS) is 24.0. The number of halogens is 1. The Kier molecular flexibility index (Phi) is 4.15. The van der Waals surface area contributed by atoms with Crippen molar-refractivity contribution in [3.05, 3.63) is 28.3 Å². The highest BCUT2D eigenvalue weighted by atomic mass is 35.5. The van der Waals surface area contributed by atoms with Gasteiger partial charge in [0, 0.05) is 11.6 Å². The zero-order chi connectivity index (χ0) is 13.2. The second-order valence-electron chi connectivity index (χ2n) is 5.16. The van der Waals surface area contributed by atoms with Crippen LogP contribution in [0.25, 0.3) is 0 Å². The molecule has 0 saturated carbocycles. The topological polar surface area (TPSA) is 41.5 Å². The van der Waals surface area contributed by atoms with Gasteiger partial charge in [0.15, 0.2) is 0 Å². The van der Waals surface area contributed by atoms with Crippen molar-refractivity contribution in [2.75, 3.05) is 19.7 Å².